The van der Waals surface area contributed by atoms with E-state index in [1.165, 1.54) is 45.4 Å². The Balaban J connectivity index is 1.62. The lowest BCUT2D eigenvalue weighted by Crippen LogP contribution is -2.32. The molecule has 2 unspecified atom stereocenters. The Labute approximate surface area is 101 Å². The van der Waals surface area contributed by atoms with Crippen molar-refractivity contribution in [2.45, 2.75) is 46.1 Å². The van der Waals surface area contributed by atoms with Gasteiger partial charge in [-0.05, 0) is 50.1 Å². The van der Waals surface area contributed by atoms with E-state index in [0.29, 0.717) is 6.04 Å². The van der Waals surface area contributed by atoms with Gasteiger partial charge in [0, 0.05) is 19.1 Å². The van der Waals surface area contributed by atoms with Gasteiger partial charge in [-0.15, -0.1) is 0 Å². The van der Waals surface area contributed by atoms with Crippen molar-refractivity contribution in [1.82, 2.24) is 10.2 Å². The first-order valence-electron chi connectivity index (χ1n) is 7.11. The second kappa shape index (κ2) is 5.50. The average molecular weight is 224 g/mol. The molecule has 2 rings (SSSR count). The lowest BCUT2D eigenvalue weighted by molar-refractivity contribution is 0.261. The highest BCUT2D eigenvalue weighted by Gasteiger charge is 2.31. The van der Waals surface area contributed by atoms with E-state index in [9.17, 15) is 0 Å². The van der Waals surface area contributed by atoms with Crippen LogP contribution < -0.4 is 5.32 Å². The molecule has 0 bridgehead atoms. The highest BCUT2D eigenvalue weighted by molar-refractivity contribution is 4.84. The lowest BCUT2D eigenvalue weighted by Gasteiger charge is -2.21. The molecule has 1 N–H and O–H groups in total. The van der Waals surface area contributed by atoms with Crippen LogP contribution in [0.25, 0.3) is 0 Å². The molecule has 94 valence electrons. The zero-order chi connectivity index (χ0) is 11.5. The Morgan fingerprint density at radius 2 is 1.94 bits per heavy atom. The van der Waals surface area contributed by atoms with Gasteiger partial charge in [0.15, 0.2) is 0 Å². The van der Waals surface area contributed by atoms with E-state index < -0.39 is 0 Å². The van der Waals surface area contributed by atoms with Gasteiger partial charge in [0.05, 0.1) is 0 Å². The molecule has 2 heteroatoms. The summed E-state index contributed by atoms with van der Waals surface area (Å²) >= 11 is 0. The van der Waals surface area contributed by atoms with E-state index in [1.807, 2.05) is 0 Å². The Morgan fingerprint density at radius 1 is 1.19 bits per heavy atom. The van der Waals surface area contributed by atoms with Crippen LogP contribution in [0.4, 0.5) is 0 Å². The summed E-state index contributed by atoms with van der Waals surface area (Å²) in [7, 11) is 0. The van der Waals surface area contributed by atoms with Gasteiger partial charge >= 0.3 is 0 Å². The van der Waals surface area contributed by atoms with E-state index >= 15 is 0 Å². The quantitative estimate of drug-likeness (QED) is 0.745. The molecule has 0 spiro atoms. The van der Waals surface area contributed by atoms with Crippen molar-refractivity contribution < 1.29 is 0 Å². The number of hydrogen-bond acceptors (Lipinski definition) is 2. The summed E-state index contributed by atoms with van der Waals surface area (Å²) in [5.41, 5.74) is 0. The Hall–Kier alpha value is -0.0800. The standard InChI is InChI=1S/C14H28N2/c1-11(2)15-8-13-6-7-16(10-13)9-12(3)14-4-5-14/h11-15H,4-10H2,1-3H3. The highest BCUT2D eigenvalue weighted by Crippen LogP contribution is 2.37. The summed E-state index contributed by atoms with van der Waals surface area (Å²) in [4.78, 5) is 2.69. The summed E-state index contributed by atoms with van der Waals surface area (Å²) in [6.07, 6.45) is 4.39. The molecule has 16 heavy (non-hydrogen) atoms. The van der Waals surface area contributed by atoms with Crippen molar-refractivity contribution in [2.75, 3.05) is 26.2 Å². The van der Waals surface area contributed by atoms with Crippen LogP contribution in [0.3, 0.4) is 0 Å². The minimum Gasteiger partial charge on any atom is -0.314 e. The third-order valence-electron chi connectivity index (χ3n) is 4.16. The molecule has 1 saturated heterocycles. The molecule has 1 aliphatic carbocycles. The molecular weight excluding hydrogens is 196 g/mol. The van der Waals surface area contributed by atoms with E-state index in [1.54, 1.807) is 0 Å². The summed E-state index contributed by atoms with van der Waals surface area (Å²) in [6.45, 7) is 12.1. The van der Waals surface area contributed by atoms with Crippen LogP contribution in [-0.2, 0) is 0 Å². The van der Waals surface area contributed by atoms with Gasteiger partial charge in [0.1, 0.15) is 0 Å². The number of nitrogens with one attached hydrogen (secondary N) is 1. The van der Waals surface area contributed by atoms with Gasteiger partial charge in [-0.1, -0.05) is 20.8 Å². The summed E-state index contributed by atoms with van der Waals surface area (Å²) in [6, 6.07) is 0.638. The molecule has 0 radical (unpaired) electrons. The SMILES string of the molecule is CC(C)NCC1CCN(CC(C)C2CC2)C1. The van der Waals surface area contributed by atoms with Crippen LogP contribution in [0.2, 0.25) is 0 Å². The smallest absolute Gasteiger partial charge is 0.00224 e. The molecule has 0 amide bonds. The predicted octanol–water partition coefficient (Wildman–Crippen LogP) is 2.35. The van der Waals surface area contributed by atoms with Crippen LogP contribution >= 0.6 is 0 Å². The zero-order valence-corrected chi connectivity index (χ0v) is 11.2. The van der Waals surface area contributed by atoms with E-state index in [4.69, 9.17) is 0 Å². The van der Waals surface area contributed by atoms with E-state index in [-0.39, 0.29) is 0 Å². The molecule has 2 fully saturated rings. The number of likely N-dealkylation sites (tertiary alicyclic amines) is 1. The largest absolute Gasteiger partial charge is 0.314 e. The van der Waals surface area contributed by atoms with Crippen molar-refractivity contribution in [1.29, 1.82) is 0 Å². The average Bonchev–Trinajstić information content (AvgIpc) is 2.98. The first-order valence-corrected chi connectivity index (χ1v) is 7.11. The van der Waals surface area contributed by atoms with Crippen molar-refractivity contribution in [3.63, 3.8) is 0 Å². The fraction of sp³-hybridized carbons (Fsp3) is 1.00. The van der Waals surface area contributed by atoms with Gasteiger partial charge in [-0.2, -0.15) is 0 Å². The minimum absolute atomic E-state index is 0.638. The fourth-order valence-electron chi connectivity index (χ4n) is 2.87. The van der Waals surface area contributed by atoms with Gasteiger partial charge in [0.2, 0.25) is 0 Å². The highest BCUT2D eigenvalue weighted by atomic mass is 15.2. The Morgan fingerprint density at radius 3 is 2.56 bits per heavy atom. The molecule has 0 aromatic heterocycles. The summed E-state index contributed by atoms with van der Waals surface area (Å²) in [5, 5.41) is 3.57. The van der Waals surface area contributed by atoms with Crippen LogP contribution in [0, 0.1) is 17.8 Å². The van der Waals surface area contributed by atoms with Gasteiger partial charge < -0.3 is 10.2 Å². The maximum absolute atomic E-state index is 3.57. The minimum atomic E-state index is 0.638. The van der Waals surface area contributed by atoms with Gasteiger partial charge in [-0.25, -0.2) is 0 Å². The van der Waals surface area contributed by atoms with Crippen molar-refractivity contribution in [3.05, 3.63) is 0 Å². The summed E-state index contributed by atoms with van der Waals surface area (Å²) in [5.74, 6) is 2.90. The molecule has 0 aromatic carbocycles. The Kier molecular flexibility index (Phi) is 4.26. The third kappa shape index (κ3) is 3.74. The zero-order valence-electron chi connectivity index (χ0n) is 11.2. The number of hydrogen-bond donors (Lipinski definition) is 1. The first kappa shape index (κ1) is 12.4. The molecule has 0 aromatic rings. The molecule has 1 heterocycles. The molecule has 2 nitrogen and oxygen atoms in total. The van der Waals surface area contributed by atoms with Gasteiger partial charge in [-0.3, -0.25) is 0 Å². The fourth-order valence-corrected chi connectivity index (χ4v) is 2.87. The van der Waals surface area contributed by atoms with Gasteiger partial charge in [0.25, 0.3) is 0 Å². The number of rotatable bonds is 6. The van der Waals surface area contributed by atoms with E-state index in [0.717, 1.165) is 17.8 Å². The number of nitrogens with zero attached hydrogens (tertiary/aromatic N) is 1. The molecule has 1 aliphatic heterocycles. The lowest BCUT2D eigenvalue weighted by atomic mass is 10.1. The monoisotopic (exact) mass is 224 g/mol. The maximum Gasteiger partial charge on any atom is 0.00224 e. The van der Waals surface area contributed by atoms with Crippen molar-refractivity contribution in [2.24, 2.45) is 17.8 Å². The topological polar surface area (TPSA) is 15.3 Å². The van der Waals surface area contributed by atoms with E-state index in [2.05, 4.69) is 31.0 Å². The van der Waals surface area contributed by atoms with Crippen LogP contribution in [-0.4, -0.2) is 37.1 Å². The molecule has 1 saturated carbocycles. The maximum atomic E-state index is 3.57. The molecular formula is C14H28N2. The van der Waals surface area contributed by atoms with Crippen LogP contribution in [0.5, 0.6) is 0 Å². The Bertz CT molecular complexity index is 211. The van der Waals surface area contributed by atoms with Crippen molar-refractivity contribution in [3.8, 4) is 0 Å². The predicted molar refractivity (Wildman–Crippen MR) is 69.6 cm³/mol. The second-order valence-electron chi connectivity index (χ2n) is 6.29. The first-order chi connectivity index (χ1) is 7.65. The molecule has 2 atom stereocenters. The summed E-state index contributed by atoms with van der Waals surface area (Å²) < 4.78 is 0. The van der Waals surface area contributed by atoms with Crippen LogP contribution in [0.15, 0.2) is 0 Å². The third-order valence-corrected chi connectivity index (χ3v) is 4.16. The van der Waals surface area contributed by atoms with Crippen molar-refractivity contribution >= 4 is 0 Å². The van der Waals surface area contributed by atoms with Crippen LogP contribution in [0.1, 0.15) is 40.0 Å². The normalized spacial score (nSPS) is 28.9. The second-order valence-corrected chi connectivity index (χ2v) is 6.29. The molecule has 2 aliphatic rings.